The topological polar surface area (TPSA) is 37.0 Å². The van der Waals surface area contributed by atoms with Crippen molar-refractivity contribution in [2.45, 2.75) is 44.2 Å². The SMILES string of the molecule is c1cc(NC2CC2)ncc1[C@@H]1CCCCN1. The maximum absolute atomic E-state index is 4.48. The third-order valence-corrected chi connectivity index (χ3v) is 3.43. The van der Waals surface area contributed by atoms with E-state index in [1.165, 1.54) is 37.7 Å². The summed E-state index contributed by atoms with van der Waals surface area (Å²) >= 11 is 0. The van der Waals surface area contributed by atoms with Gasteiger partial charge in [0.15, 0.2) is 0 Å². The van der Waals surface area contributed by atoms with Gasteiger partial charge in [-0.25, -0.2) is 4.98 Å². The maximum Gasteiger partial charge on any atom is 0.126 e. The Morgan fingerprint density at radius 1 is 1.19 bits per heavy atom. The van der Waals surface area contributed by atoms with Crippen molar-refractivity contribution in [3.05, 3.63) is 23.9 Å². The van der Waals surface area contributed by atoms with E-state index in [1.54, 1.807) is 0 Å². The van der Waals surface area contributed by atoms with Crippen LogP contribution < -0.4 is 10.6 Å². The summed E-state index contributed by atoms with van der Waals surface area (Å²) in [6, 6.07) is 5.53. The van der Waals surface area contributed by atoms with Crippen LogP contribution in [0.1, 0.15) is 43.7 Å². The van der Waals surface area contributed by atoms with E-state index in [0.29, 0.717) is 12.1 Å². The summed E-state index contributed by atoms with van der Waals surface area (Å²) in [4.78, 5) is 4.48. The number of piperidine rings is 1. The molecule has 16 heavy (non-hydrogen) atoms. The van der Waals surface area contributed by atoms with Gasteiger partial charge in [-0.3, -0.25) is 0 Å². The second-order valence-electron chi connectivity index (χ2n) is 4.90. The van der Waals surface area contributed by atoms with Crippen LogP contribution in [0.15, 0.2) is 18.3 Å². The van der Waals surface area contributed by atoms with Crippen molar-refractivity contribution in [3.63, 3.8) is 0 Å². The van der Waals surface area contributed by atoms with E-state index in [9.17, 15) is 0 Å². The first kappa shape index (κ1) is 10.1. The van der Waals surface area contributed by atoms with Crippen molar-refractivity contribution in [3.8, 4) is 0 Å². The number of nitrogens with one attached hydrogen (secondary N) is 2. The number of rotatable bonds is 3. The lowest BCUT2D eigenvalue weighted by molar-refractivity contribution is 0.411. The van der Waals surface area contributed by atoms with Crippen LogP contribution in [-0.4, -0.2) is 17.6 Å². The van der Waals surface area contributed by atoms with E-state index in [1.807, 2.05) is 6.20 Å². The molecule has 1 aromatic heterocycles. The van der Waals surface area contributed by atoms with Crippen LogP contribution in [0.3, 0.4) is 0 Å². The predicted molar refractivity (Wildman–Crippen MR) is 65.5 cm³/mol. The molecule has 1 aliphatic heterocycles. The number of hydrogen-bond donors (Lipinski definition) is 2. The van der Waals surface area contributed by atoms with Crippen molar-refractivity contribution >= 4 is 5.82 Å². The lowest BCUT2D eigenvalue weighted by atomic mass is 9.99. The van der Waals surface area contributed by atoms with E-state index in [4.69, 9.17) is 0 Å². The summed E-state index contributed by atoms with van der Waals surface area (Å²) in [6.07, 6.45) is 8.51. The Hall–Kier alpha value is -1.09. The third-order valence-electron chi connectivity index (χ3n) is 3.43. The number of hydrogen-bond acceptors (Lipinski definition) is 3. The number of pyridine rings is 1. The van der Waals surface area contributed by atoms with Crippen LogP contribution in [0.2, 0.25) is 0 Å². The van der Waals surface area contributed by atoms with Crippen LogP contribution in [0.25, 0.3) is 0 Å². The Morgan fingerprint density at radius 3 is 2.75 bits per heavy atom. The zero-order valence-electron chi connectivity index (χ0n) is 9.58. The lowest BCUT2D eigenvalue weighted by Crippen LogP contribution is -2.26. The first-order valence-electron chi connectivity index (χ1n) is 6.38. The van der Waals surface area contributed by atoms with Gasteiger partial charge in [-0.05, 0) is 43.9 Å². The van der Waals surface area contributed by atoms with Crippen LogP contribution in [0, 0.1) is 0 Å². The fraction of sp³-hybridized carbons (Fsp3) is 0.615. The average molecular weight is 217 g/mol. The minimum absolute atomic E-state index is 0.524. The molecule has 0 amide bonds. The highest BCUT2D eigenvalue weighted by Crippen LogP contribution is 2.25. The highest BCUT2D eigenvalue weighted by atomic mass is 15.0. The van der Waals surface area contributed by atoms with E-state index in [0.717, 1.165) is 12.4 Å². The molecule has 1 aromatic rings. The molecule has 2 heterocycles. The van der Waals surface area contributed by atoms with Crippen LogP contribution >= 0.6 is 0 Å². The Bertz CT molecular complexity index is 337. The van der Waals surface area contributed by atoms with Crippen molar-refractivity contribution < 1.29 is 0 Å². The molecule has 2 fully saturated rings. The molecule has 3 nitrogen and oxygen atoms in total. The number of nitrogens with zero attached hydrogens (tertiary/aromatic N) is 1. The number of aromatic nitrogens is 1. The molecule has 0 bridgehead atoms. The van der Waals surface area contributed by atoms with Crippen molar-refractivity contribution in [2.75, 3.05) is 11.9 Å². The summed E-state index contributed by atoms with van der Waals surface area (Å²) in [5, 5.41) is 6.96. The summed E-state index contributed by atoms with van der Waals surface area (Å²) < 4.78 is 0. The smallest absolute Gasteiger partial charge is 0.126 e. The standard InChI is InChI=1S/C13H19N3/c1-2-8-14-12(3-1)10-4-7-13(15-9-10)16-11-5-6-11/h4,7,9,11-12,14H,1-3,5-6,8H2,(H,15,16)/t12-/m0/s1. The van der Waals surface area contributed by atoms with E-state index in [2.05, 4.69) is 27.8 Å². The molecule has 0 radical (unpaired) electrons. The normalized spacial score (nSPS) is 25.4. The second kappa shape index (κ2) is 4.42. The first-order valence-corrected chi connectivity index (χ1v) is 6.38. The fourth-order valence-corrected chi connectivity index (χ4v) is 2.27. The van der Waals surface area contributed by atoms with E-state index < -0.39 is 0 Å². The largest absolute Gasteiger partial charge is 0.367 e. The number of anilines is 1. The highest BCUT2D eigenvalue weighted by molar-refractivity contribution is 5.38. The molecule has 3 rings (SSSR count). The molecule has 86 valence electrons. The highest BCUT2D eigenvalue weighted by Gasteiger charge is 2.21. The van der Waals surface area contributed by atoms with Gasteiger partial charge < -0.3 is 10.6 Å². The van der Waals surface area contributed by atoms with Crippen molar-refractivity contribution in [2.24, 2.45) is 0 Å². The summed E-state index contributed by atoms with van der Waals surface area (Å²) in [5.41, 5.74) is 1.33. The van der Waals surface area contributed by atoms with E-state index >= 15 is 0 Å². The molecule has 1 aliphatic carbocycles. The zero-order chi connectivity index (χ0) is 10.8. The molecule has 0 spiro atoms. The van der Waals surface area contributed by atoms with Crippen molar-refractivity contribution in [1.82, 2.24) is 10.3 Å². The van der Waals surface area contributed by atoms with Crippen LogP contribution in [-0.2, 0) is 0 Å². The molecule has 2 N–H and O–H groups in total. The molecular formula is C13H19N3. The molecule has 1 atom stereocenters. The Balaban J connectivity index is 1.65. The van der Waals surface area contributed by atoms with Gasteiger partial charge in [0.25, 0.3) is 0 Å². The molecule has 3 heteroatoms. The van der Waals surface area contributed by atoms with E-state index in [-0.39, 0.29) is 0 Å². The van der Waals surface area contributed by atoms with Crippen molar-refractivity contribution in [1.29, 1.82) is 0 Å². The van der Waals surface area contributed by atoms with Gasteiger partial charge in [0, 0.05) is 18.3 Å². The first-order chi connectivity index (χ1) is 7.92. The van der Waals surface area contributed by atoms with Gasteiger partial charge in [-0.15, -0.1) is 0 Å². The quantitative estimate of drug-likeness (QED) is 0.816. The van der Waals surface area contributed by atoms with Gasteiger partial charge in [0.05, 0.1) is 0 Å². The van der Waals surface area contributed by atoms with Gasteiger partial charge in [-0.2, -0.15) is 0 Å². The van der Waals surface area contributed by atoms with Crippen LogP contribution in [0.5, 0.6) is 0 Å². The van der Waals surface area contributed by atoms with Gasteiger partial charge >= 0.3 is 0 Å². The minimum atomic E-state index is 0.524. The molecular weight excluding hydrogens is 198 g/mol. The Labute approximate surface area is 96.7 Å². The molecule has 1 saturated carbocycles. The predicted octanol–water partition coefficient (Wildman–Crippen LogP) is 2.47. The minimum Gasteiger partial charge on any atom is -0.367 e. The molecule has 1 saturated heterocycles. The Morgan fingerprint density at radius 2 is 2.12 bits per heavy atom. The molecule has 0 aromatic carbocycles. The molecule has 0 unspecified atom stereocenters. The maximum atomic E-state index is 4.48. The Kier molecular flexibility index (Phi) is 2.79. The second-order valence-corrected chi connectivity index (χ2v) is 4.90. The lowest BCUT2D eigenvalue weighted by Gasteiger charge is -2.23. The fourth-order valence-electron chi connectivity index (χ4n) is 2.27. The molecule has 2 aliphatic rings. The third kappa shape index (κ3) is 2.35. The van der Waals surface area contributed by atoms with Gasteiger partial charge in [0.1, 0.15) is 5.82 Å². The van der Waals surface area contributed by atoms with Gasteiger partial charge in [-0.1, -0.05) is 12.5 Å². The summed E-state index contributed by atoms with van der Waals surface area (Å²) in [5.74, 6) is 1.03. The summed E-state index contributed by atoms with van der Waals surface area (Å²) in [7, 11) is 0. The summed E-state index contributed by atoms with van der Waals surface area (Å²) in [6.45, 7) is 1.15. The van der Waals surface area contributed by atoms with Crippen LogP contribution in [0.4, 0.5) is 5.82 Å². The van der Waals surface area contributed by atoms with Gasteiger partial charge in [0.2, 0.25) is 0 Å². The zero-order valence-corrected chi connectivity index (χ0v) is 9.58. The average Bonchev–Trinajstić information content (AvgIpc) is 3.15. The monoisotopic (exact) mass is 217 g/mol.